The van der Waals surface area contributed by atoms with Gasteiger partial charge in [0.25, 0.3) is 0 Å². The second kappa shape index (κ2) is 24.0. The van der Waals surface area contributed by atoms with E-state index in [4.69, 9.17) is 5.11 Å². The van der Waals surface area contributed by atoms with Crippen LogP contribution in [-0.2, 0) is 28.8 Å². The highest BCUT2D eigenvalue weighted by Crippen LogP contribution is 2.15. The highest BCUT2D eigenvalue weighted by molar-refractivity contribution is 5.92. The second-order valence-corrected chi connectivity index (χ2v) is 12.4. The molecule has 0 rings (SSSR count). The van der Waals surface area contributed by atoms with Crippen molar-refractivity contribution in [3.8, 4) is 0 Å². The number of nitrogens with one attached hydrogen (secondary N) is 5. The number of rotatable bonds is 23. The van der Waals surface area contributed by atoms with Crippen LogP contribution in [0.15, 0.2) is 0 Å². The molecule has 268 valence electrons. The van der Waals surface area contributed by atoms with Crippen molar-refractivity contribution in [3.05, 3.63) is 0 Å². The Labute approximate surface area is 276 Å². The first-order valence-corrected chi connectivity index (χ1v) is 16.5. The van der Waals surface area contributed by atoms with Crippen LogP contribution in [0, 0.1) is 17.8 Å². The number of carbonyl (C=O) groups excluding carboxylic acids is 5. The zero-order chi connectivity index (χ0) is 34.7. The molecule has 13 nitrogen and oxygen atoms in total. The van der Waals surface area contributed by atoms with E-state index in [0.29, 0.717) is 38.6 Å². The van der Waals surface area contributed by atoms with Crippen LogP contribution in [0.5, 0.6) is 0 Å². The predicted molar refractivity (Wildman–Crippen MR) is 179 cm³/mol. The van der Waals surface area contributed by atoms with Gasteiger partial charge in [0.1, 0.15) is 18.1 Å². The van der Waals surface area contributed by atoms with Crippen molar-refractivity contribution in [2.24, 2.45) is 17.8 Å². The quantitative estimate of drug-likeness (QED) is 0.0868. The van der Waals surface area contributed by atoms with Gasteiger partial charge < -0.3 is 36.8 Å². The topological polar surface area (TPSA) is 203 Å². The number of aliphatic hydroxyl groups excluding tert-OH is 1. The Morgan fingerprint density at radius 3 is 1.72 bits per heavy atom. The van der Waals surface area contributed by atoms with Crippen molar-refractivity contribution < 1.29 is 39.0 Å². The van der Waals surface area contributed by atoms with Gasteiger partial charge in [0.15, 0.2) is 0 Å². The minimum absolute atomic E-state index is 0. The molecular weight excluding hydrogens is 594 g/mol. The van der Waals surface area contributed by atoms with Crippen LogP contribution in [-0.4, -0.2) is 82.5 Å². The third-order valence-electron chi connectivity index (χ3n) is 7.89. The van der Waals surface area contributed by atoms with Crippen molar-refractivity contribution in [1.82, 2.24) is 26.6 Å². The van der Waals surface area contributed by atoms with E-state index in [1.54, 1.807) is 13.8 Å². The highest BCUT2D eigenvalue weighted by Gasteiger charge is 2.33. The molecule has 0 saturated heterocycles. The zero-order valence-corrected chi connectivity index (χ0v) is 28.5. The normalized spacial score (nSPS) is 15.5. The monoisotopic (exact) mass is 657 g/mol. The molecule has 0 aromatic rings. The van der Waals surface area contributed by atoms with Gasteiger partial charge in [-0.1, -0.05) is 75.2 Å². The SMILES string of the molecule is C.CCC[C@H](NC(=O)[C@@H](NC(=O)CCCC(=O)O)[C@@H](C)CC)C(=O)N[C@@H](CC(C)C)[C@@H](O)CC(=O)N[C@H](C(=O)NCC)[C@@H](C)CC. The molecule has 0 radical (unpaired) electrons. The fraction of sp³-hybridized carbons (Fsp3) is 0.818. The van der Waals surface area contributed by atoms with Crippen LogP contribution in [0.2, 0.25) is 0 Å². The van der Waals surface area contributed by atoms with Crippen LogP contribution < -0.4 is 26.6 Å². The number of hydrogen-bond donors (Lipinski definition) is 7. The largest absolute Gasteiger partial charge is 0.481 e. The molecule has 0 bridgehead atoms. The number of likely N-dealkylation sites (N-methyl/N-ethyl adjacent to an activating group) is 1. The molecule has 0 aromatic heterocycles. The third-order valence-corrected chi connectivity index (χ3v) is 7.89. The van der Waals surface area contributed by atoms with Crippen LogP contribution in [0.4, 0.5) is 0 Å². The van der Waals surface area contributed by atoms with E-state index in [2.05, 4.69) is 26.6 Å². The Bertz CT molecular complexity index is 960. The highest BCUT2D eigenvalue weighted by atomic mass is 16.4. The van der Waals surface area contributed by atoms with Gasteiger partial charge in [-0.25, -0.2) is 0 Å². The van der Waals surface area contributed by atoms with Gasteiger partial charge in [0, 0.05) is 19.4 Å². The van der Waals surface area contributed by atoms with Gasteiger partial charge in [0.05, 0.1) is 18.6 Å². The lowest BCUT2D eigenvalue weighted by atomic mass is 9.95. The standard InChI is InChI=1S/C32H59N5O8.CH4/c1-9-14-22(34-32(45)29(21(8)11-3)36-25(39)15-13-16-27(41)42)30(43)35-23(17-19(5)6)24(38)18-26(40)37-28(20(7)10-2)31(44)33-12-4;/h19-24,28-29,38H,9-18H2,1-8H3,(H,33,44)(H,34,45)(H,35,43)(H,36,39)(H,37,40)(H,41,42);1H4/t20-,21-,22-,23-,24-,28-,29-;/m0./s1. The smallest absolute Gasteiger partial charge is 0.303 e. The van der Waals surface area contributed by atoms with Gasteiger partial charge >= 0.3 is 5.97 Å². The molecule has 0 aliphatic carbocycles. The summed E-state index contributed by atoms with van der Waals surface area (Å²) in [5.74, 6) is -3.66. The van der Waals surface area contributed by atoms with Crippen LogP contribution in [0.3, 0.4) is 0 Å². The average Bonchev–Trinajstić information content (AvgIpc) is 2.96. The van der Waals surface area contributed by atoms with Crippen molar-refractivity contribution >= 4 is 35.5 Å². The molecule has 5 amide bonds. The summed E-state index contributed by atoms with van der Waals surface area (Å²) in [6, 6.07) is -3.44. The Morgan fingerprint density at radius 1 is 0.696 bits per heavy atom. The maximum absolute atomic E-state index is 13.5. The van der Waals surface area contributed by atoms with Crippen LogP contribution >= 0.6 is 0 Å². The molecule has 0 aliphatic rings. The Balaban J connectivity index is 0. The third kappa shape index (κ3) is 17.5. The molecule has 7 N–H and O–H groups in total. The number of hydrogen-bond acceptors (Lipinski definition) is 7. The summed E-state index contributed by atoms with van der Waals surface area (Å²) in [5, 5.41) is 33.6. The lowest BCUT2D eigenvalue weighted by molar-refractivity contribution is -0.137. The van der Waals surface area contributed by atoms with E-state index in [-0.39, 0.29) is 56.8 Å². The number of aliphatic hydroxyl groups is 1. The molecule has 0 fully saturated rings. The minimum atomic E-state index is -1.25. The van der Waals surface area contributed by atoms with E-state index in [0.717, 1.165) is 0 Å². The average molecular weight is 658 g/mol. The van der Waals surface area contributed by atoms with Gasteiger partial charge in [0.2, 0.25) is 29.5 Å². The first-order valence-electron chi connectivity index (χ1n) is 16.5. The van der Waals surface area contributed by atoms with E-state index in [1.807, 2.05) is 41.5 Å². The van der Waals surface area contributed by atoms with Gasteiger partial charge in [-0.15, -0.1) is 0 Å². The van der Waals surface area contributed by atoms with Crippen molar-refractivity contribution in [3.63, 3.8) is 0 Å². The molecule has 7 atom stereocenters. The molecule has 0 heterocycles. The molecule has 0 unspecified atom stereocenters. The summed E-state index contributed by atoms with van der Waals surface area (Å²) in [5.41, 5.74) is 0. The molecule has 46 heavy (non-hydrogen) atoms. The number of aliphatic carboxylic acids is 1. The summed E-state index contributed by atoms with van der Waals surface area (Å²) >= 11 is 0. The number of carboxylic acids is 1. The Hall–Kier alpha value is -3.22. The molecule has 0 spiro atoms. The lowest BCUT2D eigenvalue weighted by Gasteiger charge is -2.30. The lowest BCUT2D eigenvalue weighted by Crippen LogP contribution is -2.58. The van der Waals surface area contributed by atoms with Gasteiger partial charge in [-0.3, -0.25) is 28.8 Å². The second-order valence-electron chi connectivity index (χ2n) is 12.4. The Morgan fingerprint density at radius 2 is 1.24 bits per heavy atom. The number of carbonyl (C=O) groups is 6. The summed E-state index contributed by atoms with van der Waals surface area (Å²) in [4.78, 5) is 75.5. The van der Waals surface area contributed by atoms with Crippen LogP contribution in [0.1, 0.15) is 121 Å². The summed E-state index contributed by atoms with van der Waals surface area (Å²) < 4.78 is 0. The van der Waals surface area contributed by atoms with E-state index < -0.39 is 59.9 Å². The predicted octanol–water partition coefficient (Wildman–Crippen LogP) is 2.64. The van der Waals surface area contributed by atoms with Gasteiger partial charge in [-0.05, 0) is 43.9 Å². The summed E-state index contributed by atoms with van der Waals surface area (Å²) in [6.45, 7) is 15.3. The van der Waals surface area contributed by atoms with Crippen molar-refractivity contribution in [2.75, 3.05) is 6.54 Å². The van der Waals surface area contributed by atoms with Gasteiger partial charge in [-0.2, -0.15) is 0 Å². The molecular formula is C33H63N5O8. The van der Waals surface area contributed by atoms with E-state index >= 15 is 0 Å². The zero-order valence-electron chi connectivity index (χ0n) is 28.5. The maximum atomic E-state index is 13.5. The van der Waals surface area contributed by atoms with Crippen molar-refractivity contribution in [1.29, 1.82) is 0 Å². The fourth-order valence-electron chi connectivity index (χ4n) is 4.82. The summed E-state index contributed by atoms with van der Waals surface area (Å²) in [6.07, 6.45) is 0.792. The summed E-state index contributed by atoms with van der Waals surface area (Å²) in [7, 11) is 0. The Kier molecular flexibility index (Phi) is 23.5. The maximum Gasteiger partial charge on any atom is 0.303 e. The van der Waals surface area contributed by atoms with Crippen LogP contribution in [0.25, 0.3) is 0 Å². The first kappa shape index (κ1) is 44.9. The molecule has 13 heteroatoms. The minimum Gasteiger partial charge on any atom is -0.481 e. The first-order chi connectivity index (χ1) is 21.1. The molecule has 0 saturated carbocycles. The number of carboxylic acid groups (broad SMARTS) is 1. The molecule has 0 aromatic carbocycles. The van der Waals surface area contributed by atoms with E-state index in [9.17, 15) is 33.9 Å². The van der Waals surface area contributed by atoms with E-state index in [1.165, 1.54) is 0 Å². The fourth-order valence-corrected chi connectivity index (χ4v) is 4.82. The van der Waals surface area contributed by atoms with Crippen molar-refractivity contribution in [2.45, 2.75) is 151 Å². The molecule has 0 aliphatic heterocycles. The number of amides is 5.